The van der Waals surface area contributed by atoms with Gasteiger partial charge in [0.2, 0.25) is 5.91 Å². The molecule has 118 valence electrons. The second-order valence-electron chi connectivity index (χ2n) is 6.67. The van der Waals surface area contributed by atoms with Gasteiger partial charge in [-0.25, -0.2) is 0 Å². The third-order valence-corrected chi connectivity index (χ3v) is 4.95. The molecule has 0 bridgehead atoms. The van der Waals surface area contributed by atoms with Crippen LogP contribution in [-0.4, -0.2) is 29.8 Å². The van der Waals surface area contributed by atoms with Gasteiger partial charge in [-0.3, -0.25) is 9.59 Å². The lowest BCUT2D eigenvalue weighted by Gasteiger charge is -2.30. The Labute approximate surface area is 131 Å². The second-order valence-corrected chi connectivity index (χ2v) is 6.67. The fourth-order valence-electron chi connectivity index (χ4n) is 3.01. The second kappa shape index (κ2) is 6.51. The van der Waals surface area contributed by atoms with E-state index in [1.54, 1.807) is 0 Å². The van der Waals surface area contributed by atoms with Crippen LogP contribution in [0, 0.1) is 11.8 Å². The zero-order chi connectivity index (χ0) is 15.5. The highest BCUT2D eigenvalue weighted by molar-refractivity contribution is 5.96. The molecule has 0 spiro atoms. The molecule has 4 heteroatoms. The van der Waals surface area contributed by atoms with Crippen molar-refractivity contribution >= 4 is 17.5 Å². The standard InChI is InChI=1S/C18H24N2O2/c1-13-9-11-20(12-10-13)18(22)15-5-7-16(8-6-15)19-17(21)14-3-2-4-14/h5-8,13-14H,2-4,9-12H2,1H3,(H,19,21). The van der Waals surface area contributed by atoms with Crippen LogP contribution in [-0.2, 0) is 4.79 Å². The van der Waals surface area contributed by atoms with E-state index >= 15 is 0 Å². The third kappa shape index (κ3) is 3.32. The number of rotatable bonds is 3. The van der Waals surface area contributed by atoms with Crippen LogP contribution in [0.5, 0.6) is 0 Å². The van der Waals surface area contributed by atoms with Gasteiger partial charge in [0.05, 0.1) is 0 Å². The molecule has 1 saturated carbocycles. The first-order chi connectivity index (χ1) is 10.6. The average Bonchev–Trinajstić information content (AvgIpc) is 2.46. The Hall–Kier alpha value is -1.84. The monoisotopic (exact) mass is 300 g/mol. The number of benzene rings is 1. The van der Waals surface area contributed by atoms with Crippen molar-refractivity contribution < 1.29 is 9.59 Å². The largest absolute Gasteiger partial charge is 0.339 e. The van der Waals surface area contributed by atoms with E-state index in [1.165, 1.54) is 0 Å². The van der Waals surface area contributed by atoms with E-state index < -0.39 is 0 Å². The minimum Gasteiger partial charge on any atom is -0.339 e. The molecule has 0 unspecified atom stereocenters. The highest BCUT2D eigenvalue weighted by Crippen LogP contribution is 2.27. The van der Waals surface area contributed by atoms with Crippen LogP contribution >= 0.6 is 0 Å². The predicted octanol–water partition coefficient (Wildman–Crippen LogP) is 3.30. The fourth-order valence-corrected chi connectivity index (χ4v) is 3.01. The van der Waals surface area contributed by atoms with Gasteiger partial charge >= 0.3 is 0 Å². The van der Waals surface area contributed by atoms with Crippen molar-refractivity contribution in [3.05, 3.63) is 29.8 Å². The van der Waals surface area contributed by atoms with Gasteiger partial charge in [-0.15, -0.1) is 0 Å². The summed E-state index contributed by atoms with van der Waals surface area (Å²) in [6.07, 6.45) is 5.31. The molecule has 0 radical (unpaired) electrons. The summed E-state index contributed by atoms with van der Waals surface area (Å²) < 4.78 is 0. The molecule has 3 rings (SSSR count). The van der Waals surface area contributed by atoms with Crippen molar-refractivity contribution in [3.8, 4) is 0 Å². The quantitative estimate of drug-likeness (QED) is 0.931. The Bertz CT molecular complexity index is 541. The molecular weight excluding hydrogens is 276 g/mol. The Morgan fingerprint density at radius 1 is 1.05 bits per heavy atom. The smallest absolute Gasteiger partial charge is 0.253 e. The van der Waals surface area contributed by atoms with E-state index in [0.717, 1.165) is 50.9 Å². The van der Waals surface area contributed by atoms with E-state index in [1.807, 2.05) is 29.2 Å². The Balaban J connectivity index is 1.58. The van der Waals surface area contributed by atoms with Gasteiger partial charge in [0, 0.05) is 30.3 Å². The molecule has 1 heterocycles. The number of likely N-dealkylation sites (tertiary alicyclic amines) is 1. The summed E-state index contributed by atoms with van der Waals surface area (Å²) in [6.45, 7) is 3.93. The van der Waals surface area contributed by atoms with Gasteiger partial charge in [0.25, 0.3) is 5.91 Å². The summed E-state index contributed by atoms with van der Waals surface area (Å²) in [7, 11) is 0. The normalized spacial score (nSPS) is 19.6. The highest BCUT2D eigenvalue weighted by atomic mass is 16.2. The number of carbonyl (C=O) groups excluding carboxylic acids is 2. The summed E-state index contributed by atoms with van der Waals surface area (Å²) in [4.78, 5) is 26.3. The average molecular weight is 300 g/mol. The molecule has 2 aliphatic rings. The number of piperidine rings is 1. The molecule has 1 aliphatic carbocycles. The molecule has 2 fully saturated rings. The minimum atomic E-state index is 0.101. The van der Waals surface area contributed by atoms with Crippen LogP contribution in [0.2, 0.25) is 0 Å². The molecule has 4 nitrogen and oxygen atoms in total. The summed E-state index contributed by atoms with van der Waals surface area (Å²) >= 11 is 0. The Morgan fingerprint density at radius 3 is 2.23 bits per heavy atom. The van der Waals surface area contributed by atoms with E-state index in [-0.39, 0.29) is 17.7 Å². The van der Waals surface area contributed by atoms with E-state index in [4.69, 9.17) is 0 Å². The summed E-state index contributed by atoms with van der Waals surface area (Å²) in [5.74, 6) is 1.10. The van der Waals surface area contributed by atoms with Crippen LogP contribution in [0.3, 0.4) is 0 Å². The van der Waals surface area contributed by atoms with Crippen molar-refractivity contribution in [2.75, 3.05) is 18.4 Å². The first-order valence-electron chi connectivity index (χ1n) is 8.33. The number of hydrogen-bond donors (Lipinski definition) is 1. The molecule has 1 aromatic rings. The van der Waals surface area contributed by atoms with Crippen LogP contribution in [0.25, 0.3) is 0 Å². The van der Waals surface area contributed by atoms with Gasteiger partial charge in [-0.2, -0.15) is 0 Å². The molecule has 2 amide bonds. The number of nitrogens with one attached hydrogen (secondary N) is 1. The maximum Gasteiger partial charge on any atom is 0.253 e. The molecule has 1 saturated heterocycles. The van der Waals surface area contributed by atoms with E-state index in [0.29, 0.717) is 11.5 Å². The number of hydrogen-bond acceptors (Lipinski definition) is 2. The third-order valence-electron chi connectivity index (χ3n) is 4.95. The van der Waals surface area contributed by atoms with E-state index in [9.17, 15) is 9.59 Å². The number of nitrogens with zero attached hydrogens (tertiary/aromatic N) is 1. The lowest BCUT2D eigenvalue weighted by atomic mass is 9.85. The molecule has 0 aromatic heterocycles. The summed E-state index contributed by atoms with van der Waals surface area (Å²) in [5.41, 5.74) is 1.48. The Kier molecular flexibility index (Phi) is 4.46. The summed E-state index contributed by atoms with van der Waals surface area (Å²) in [6, 6.07) is 7.29. The van der Waals surface area contributed by atoms with Gasteiger partial charge in [-0.05, 0) is 55.9 Å². The predicted molar refractivity (Wildman–Crippen MR) is 86.7 cm³/mol. The zero-order valence-electron chi connectivity index (χ0n) is 13.2. The molecule has 22 heavy (non-hydrogen) atoms. The molecule has 1 aliphatic heterocycles. The van der Waals surface area contributed by atoms with Crippen molar-refractivity contribution in [1.82, 2.24) is 4.90 Å². The number of amides is 2. The van der Waals surface area contributed by atoms with Crippen molar-refractivity contribution in [2.45, 2.75) is 39.0 Å². The number of carbonyl (C=O) groups is 2. The maximum absolute atomic E-state index is 12.4. The molecule has 1 N–H and O–H groups in total. The van der Waals surface area contributed by atoms with Gasteiger partial charge < -0.3 is 10.2 Å². The minimum absolute atomic E-state index is 0.101. The van der Waals surface area contributed by atoms with Crippen molar-refractivity contribution in [3.63, 3.8) is 0 Å². The molecule has 1 aromatic carbocycles. The zero-order valence-corrected chi connectivity index (χ0v) is 13.2. The van der Waals surface area contributed by atoms with Crippen LogP contribution < -0.4 is 5.32 Å². The lowest BCUT2D eigenvalue weighted by molar-refractivity contribution is -0.122. The van der Waals surface area contributed by atoms with Crippen LogP contribution in [0.15, 0.2) is 24.3 Å². The molecular formula is C18H24N2O2. The van der Waals surface area contributed by atoms with E-state index in [2.05, 4.69) is 12.2 Å². The topological polar surface area (TPSA) is 49.4 Å². The van der Waals surface area contributed by atoms with Gasteiger partial charge in [0.15, 0.2) is 0 Å². The highest BCUT2D eigenvalue weighted by Gasteiger charge is 2.25. The first kappa shape index (κ1) is 15.1. The Morgan fingerprint density at radius 2 is 1.68 bits per heavy atom. The van der Waals surface area contributed by atoms with Gasteiger partial charge in [0.1, 0.15) is 0 Å². The first-order valence-corrected chi connectivity index (χ1v) is 8.33. The van der Waals surface area contributed by atoms with Crippen molar-refractivity contribution in [1.29, 1.82) is 0 Å². The van der Waals surface area contributed by atoms with Gasteiger partial charge in [-0.1, -0.05) is 13.3 Å². The van der Waals surface area contributed by atoms with Crippen LogP contribution in [0.1, 0.15) is 49.4 Å². The SMILES string of the molecule is CC1CCN(C(=O)c2ccc(NC(=O)C3CCC3)cc2)CC1. The van der Waals surface area contributed by atoms with Crippen molar-refractivity contribution in [2.24, 2.45) is 11.8 Å². The fraction of sp³-hybridized carbons (Fsp3) is 0.556. The lowest BCUT2D eigenvalue weighted by Crippen LogP contribution is -2.37. The number of anilines is 1. The summed E-state index contributed by atoms with van der Waals surface area (Å²) in [5, 5.41) is 2.93. The maximum atomic E-state index is 12.4. The van der Waals surface area contributed by atoms with Crippen LogP contribution in [0.4, 0.5) is 5.69 Å². The molecule has 0 atom stereocenters.